The molecule has 0 spiro atoms. The molecule has 0 amide bonds. The second-order valence-electron chi connectivity index (χ2n) is 11.2. The zero-order chi connectivity index (χ0) is 32.9. The summed E-state index contributed by atoms with van der Waals surface area (Å²) in [5.74, 6) is -0.156. The van der Waals surface area contributed by atoms with E-state index < -0.39 is 31.8 Å². The fourth-order valence-corrected chi connectivity index (χ4v) is 7.37. The predicted octanol–water partition coefficient (Wildman–Crippen LogP) is 3.75. The van der Waals surface area contributed by atoms with Gasteiger partial charge in [-0.25, -0.2) is 36.7 Å². The molecule has 12 nitrogen and oxygen atoms in total. The molecule has 6 rings (SSSR count). The summed E-state index contributed by atoms with van der Waals surface area (Å²) in [5, 5.41) is 13.7. The van der Waals surface area contributed by atoms with Crippen LogP contribution in [0.4, 0.5) is 24.9 Å². The SMILES string of the molecule is NS(=O)(=O)c1ccc(CNc2nc(NC3(C(F)(F)F)CC3)c3nc(-c4ccc(Cl)c(S(=O)(=O)NC5CCNC5)c4)ccc3n2)cc1. The number of primary sulfonamides is 1. The summed E-state index contributed by atoms with van der Waals surface area (Å²) >= 11 is 6.28. The molecule has 1 atom stereocenters. The molecule has 1 saturated heterocycles. The van der Waals surface area contributed by atoms with E-state index in [9.17, 15) is 30.0 Å². The van der Waals surface area contributed by atoms with Crippen molar-refractivity contribution in [2.75, 3.05) is 23.7 Å². The summed E-state index contributed by atoms with van der Waals surface area (Å²) in [4.78, 5) is 13.1. The van der Waals surface area contributed by atoms with E-state index in [-0.39, 0.29) is 68.7 Å². The Labute approximate surface area is 267 Å². The second-order valence-corrected chi connectivity index (χ2v) is 14.8. The summed E-state index contributed by atoms with van der Waals surface area (Å²) in [6.07, 6.45) is -4.23. The Morgan fingerprint density at radius 2 is 1.74 bits per heavy atom. The molecule has 1 aliphatic carbocycles. The number of hydrogen-bond donors (Lipinski definition) is 5. The highest BCUT2D eigenvalue weighted by Gasteiger charge is 2.64. The summed E-state index contributed by atoms with van der Waals surface area (Å²) in [6, 6.07) is 12.9. The highest BCUT2D eigenvalue weighted by atomic mass is 35.5. The first-order chi connectivity index (χ1) is 21.6. The van der Waals surface area contributed by atoms with E-state index in [2.05, 4.69) is 35.6 Å². The minimum atomic E-state index is -4.55. The lowest BCUT2D eigenvalue weighted by Crippen LogP contribution is -2.39. The third-order valence-corrected chi connectivity index (χ3v) is 10.7. The van der Waals surface area contributed by atoms with Crippen LogP contribution in [0.3, 0.4) is 0 Å². The molecule has 1 aliphatic heterocycles. The maximum atomic E-state index is 14.0. The number of hydrogen-bond acceptors (Lipinski definition) is 10. The van der Waals surface area contributed by atoms with E-state index in [1.165, 1.54) is 36.4 Å². The lowest BCUT2D eigenvalue weighted by molar-refractivity contribution is -0.151. The highest BCUT2D eigenvalue weighted by molar-refractivity contribution is 7.89. The zero-order valence-electron chi connectivity index (χ0n) is 23.9. The zero-order valence-corrected chi connectivity index (χ0v) is 26.3. The summed E-state index contributed by atoms with van der Waals surface area (Å²) in [5.41, 5.74) is -0.629. The number of nitrogens with two attached hydrogens (primary N) is 1. The molecule has 0 bridgehead atoms. The van der Waals surface area contributed by atoms with Crippen LogP contribution in [0.25, 0.3) is 22.3 Å². The van der Waals surface area contributed by atoms with Crippen LogP contribution in [0.1, 0.15) is 24.8 Å². The first-order valence-corrected chi connectivity index (χ1v) is 17.5. The lowest BCUT2D eigenvalue weighted by atomic mass is 10.1. The van der Waals surface area contributed by atoms with Crippen molar-refractivity contribution in [2.24, 2.45) is 5.14 Å². The lowest BCUT2D eigenvalue weighted by Gasteiger charge is -2.22. The summed E-state index contributed by atoms with van der Waals surface area (Å²) < 4.78 is 94.0. The summed E-state index contributed by atoms with van der Waals surface area (Å²) in [6.45, 7) is 1.29. The molecular weight excluding hydrogens is 669 g/mol. The van der Waals surface area contributed by atoms with Gasteiger partial charge in [-0.2, -0.15) is 18.2 Å². The third kappa shape index (κ3) is 6.74. The predicted molar refractivity (Wildman–Crippen MR) is 166 cm³/mol. The normalized spacial score (nSPS) is 18.1. The van der Waals surface area contributed by atoms with Gasteiger partial charge in [0.2, 0.25) is 26.0 Å². The maximum Gasteiger partial charge on any atom is 0.411 e. The molecule has 2 aliphatic rings. The average molecular weight is 697 g/mol. The van der Waals surface area contributed by atoms with E-state index in [1.807, 2.05) is 0 Å². The minimum absolute atomic E-state index is 0.00421. The van der Waals surface area contributed by atoms with Crippen molar-refractivity contribution < 1.29 is 30.0 Å². The van der Waals surface area contributed by atoms with Crippen molar-refractivity contribution in [3.05, 3.63) is 65.2 Å². The minimum Gasteiger partial charge on any atom is -0.354 e. The van der Waals surface area contributed by atoms with Crippen molar-refractivity contribution in [3.8, 4) is 11.3 Å². The number of rotatable bonds is 10. The number of halogens is 4. The standard InChI is InChI=1S/C28H28ClF3N8O4S2/c29-20-6-3-17(13-23(20)46(43,44)40-18-9-12-34-15-18)21-7-8-22-24(36-21)25(39-27(10-11-27)28(30,31)32)38-26(37-22)35-14-16-1-4-19(5-2-16)45(33,41)42/h1-8,13,18,34,40H,9-12,14-15H2,(H2,33,41,42)(H2,35,37,38,39). The van der Waals surface area contributed by atoms with Crippen molar-refractivity contribution in [1.82, 2.24) is 25.0 Å². The largest absolute Gasteiger partial charge is 0.411 e. The molecule has 3 heterocycles. The third-order valence-electron chi connectivity index (χ3n) is 7.79. The molecule has 2 aromatic carbocycles. The van der Waals surface area contributed by atoms with Crippen molar-refractivity contribution in [1.29, 1.82) is 0 Å². The van der Waals surface area contributed by atoms with Crippen LogP contribution in [0.2, 0.25) is 5.02 Å². The second kappa shape index (κ2) is 11.9. The highest BCUT2D eigenvalue weighted by Crippen LogP contribution is 2.51. The summed E-state index contributed by atoms with van der Waals surface area (Å²) in [7, 11) is -7.86. The van der Waals surface area contributed by atoms with Crippen LogP contribution >= 0.6 is 11.6 Å². The van der Waals surface area contributed by atoms with Gasteiger partial charge in [0.15, 0.2) is 5.82 Å². The van der Waals surface area contributed by atoms with Crippen LogP contribution in [-0.2, 0) is 26.6 Å². The van der Waals surface area contributed by atoms with Crippen molar-refractivity contribution in [3.63, 3.8) is 0 Å². The molecule has 18 heteroatoms. The van der Waals surface area contributed by atoms with Gasteiger partial charge in [0, 0.05) is 24.7 Å². The van der Waals surface area contributed by atoms with Gasteiger partial charge in [-0.05, 0) is 67.8 Å². The number of aromatic nitrogens is 3. The van der Waals surface area contributed by atoms with Gasteiger partial charge in [-0.15, -0.1) is 0 Å². The van der Waals surface area contributed by atoms with Crippen LogP contribution in [0, 0.1) is 0 Å². The Morgan fingerprint density at radius 3 is 2.37 bits per heavy atom. The Bertz CT molecular complexity index is 2020. The Kier molecular flexibility index (Phi) is 8.35. The number of sulfonamides is 2. The molecule has 2 aromatic heterocycles. The van der Waals surface area contributed by atoms with E-state index in [1.54, 1.807) is 18.2 Å². The van der Waals surface area contributed by atoms with Gasteiger partial charge in [0.1, 0.15) is 16.0 Å². The monoisotopic (exact) mass is 696 g/mol. The molecule has 46 heavy (non-hydrogen) atoms. The molecule has 244 valence electrons. The van der Waals surface area contributed by atoms with Crippen LogP contribution in [0.15, 0.2) is 64.4 Å². The molecule has 0 radical (unpaired) electrons. The van der Waals surface area contributed by atoms with Crippen LogP contribution in [-0.4, -0.2) is 62.6 Å². The Morgan fingerprint density at radius 1 is 1.00 bits per heavy atom. The number of nitrogens with one attached hydrogen (secondary N) is 4. The number of alkyl halides is 3. The molecule has 1 unspecified atom stereocenters. The Hall–Kier alpha value is -3.61. The van der Waals surface area contributed by atoms with Gasteiger partial charge < -0.3 is 16.0 Å². The van der Waals surface area contributed by atoms with Crippen LogP contribution < -0.4 is 25.8 Å². The fraction of sp³-hybridized carbons (Fsp3) is 0.321. The molecule has 4 aromatic rings. The van der Waals surface area contributed by atoms with Crippen molar-refractivity contribution in [2.45, 2.75) is 53.4 Å². The van der Waals surface area contributed by atoms with E-state index in [4.69, 9.17) is 16.7 Å². The van der Waals surface area contributed by atoms with Gasteiger partial charge in [-0.1, -0.05) is 29.8 Å². The van der Waals surface area contributed by atoms with Gasteiger partial charge in [-0.3, -0.25) is 0 Å². The number of benzene rings is 2. The topological polar surface area (TPSA) is 181 Å². The fourth-order valence-electron chi connectivity index (χ4n) is 5.06. The van der Waals surface area contributed by atoms with Crippen LogP contribution in [0.5, 0.6) is 0 Å². The first-order valence-electron chi connectivity index (χ1n) is 14.1. The molecule has 1 saturated carbocycles. The molecular formula is C28H28ClF3N8O4S2. The number of anilines is 2. The van der Waals surface area contributed by atoms with Gasteiger partial charge in [0.25, 0.3) is 0 Å². The van der Waals surface area contributed by atoms with Gasteiger partial charge in [0.05, 0.1) is 21.1 Å². The quantitative estimate of drug-likeness (QED) is 0.164. The number of nitrogens with zero attached hydrogens (tertiary/aromatic N) is 3. The molecule has 2 fully saturated rings. The smallest absolute Gasteiger partial charge is 0.354 e. The van der Waals surface area contributed by atoms with Crippen molar-refractivity contribution >= 4 is 54.4 Å². The maximum absolute atomic E-state index is 14.0. The molecule has 6 N–H and O–H groups in total. The van der Waals surface area contributed by atoms with E-state index in [0.717, 1.165) is 0 Å². The number of pyridine rings is 1. The number of fused-ring (bicyclic) bond motifs is 1. The van der Waals surface area contributed by atoms with Gasteiger partial charge >= 0.3 is 6.18 Å². The first kappa shape index (κ1) is 32.3. The van der Waals surface area contributed by atoms with E-state index >= 15 is 0 Å². The average Bonchev–Trinajstić information content (AvgIpc) is 3.62. The Balaban J connectivity index is 1.35. The van der Waals surface area contributed by atoms with E-state index in [0.29, 0.717) is 30.6 Å².